The summed E-state index contributed by atoms with van der Waals surface area (Å²) in [6.45, 7) is 4.20. The summed E-state index contributed by atoms with van der Waals surface area (Å²) in [6, 6.07) is 4.08. The highest BCUT2D eigenvalue weighted by molar-refractivity contribution is 6.32. The van der Waals surface area contributed by atoms with Crippen molar-refractivity contribution in [2.45, 2.75) is 25.7 Å². The van der Waals surface area contributed by atoms with Crippen molar-refractivity contribution in [3.05, 3.63) is 28.3 Å². The van der Waals surface area contributed by atoms with Crippen LogP contribution in [0.4, 0.5) is 0 Å². The fourth-order valence-corrected chi connectivity index (χ4v) is 2.57. The first-order valence-electron chi connectivity index (χ1n) is 5.77. The average molecular weight is 240 g/mol. The molecule has 1 N–H and O–H groups in total. The number of aryl methyl sites for hydroxylation is 1. The molecular formula is C13H18ClNO. The van der Waals surface area contributed by atoms with Crippen LogP contribution in [0.1, 0.15) is 29.9 Å². The molecule has 1 heterocycles. The van der Waals surface area contributed by atoms with Crippen LogP contribution >= 0.6 is 11.6 Å². The third-order valence-corrected chi connectivity index (χ3v) is 3.79. The van der Waals surface area contributed by atoms with Crippen molar-refractivity contribution in [2.75, 3.05) is 20.2 Å². The first-order valence-corrected chi connectivity index (χ1v) is 6.15. The third kappa shape index (κ3) is 2.33. The minimum atomic E-state index is 0.572. The van der Waals surface area contributed by atoms with Gasteiger partial charge in [0, 0.05) is 5.02 Å². The zero-order chi connectivity index (χ0) is 11.5. The van der Waals surface area contributed by atoms with Gasteiger partial charge >= 0.3 is 0 Å². The smallest absolute Gasteiger partial charge is 0.119 e. The lowest BCUT2D eigenvalue weighted by Gasteiger charge is -2.24. The topological polar surface area (TPSA) is 21.3 Å². The number of nitrogens with one attached hydrogen (secondary N) is 1. The summed E-state index contributed by atoms with van der Waals surface area (Å²) in [4.78, 5) is 0. The van der Waals surface area contributed by atoms with Crippen molar-refractivity contribution in [1.82, 2.24) is 5.32 Å². The molecule has 1 saturated heterocycles. The van der Waals surface area contributed by atoms with Gasteiger partial charge in [-0.25, -0.2) is 0 Å². The fraction of sp³-hybridized carbons (Fsp3) is 0.538. The molecule has 88 valence electrons. The summed E-state index contributed by atoms with van der Waals surface area (Å²) in [6.07, 6.45) is 2.32. The molecule has 1 aromatic carbocycles. The molecular weight excluding hydrogens is 222 g/mol. The van der Waals surface area contributed by atoms with Gasteiger partial charge < -0.3 is 10.1 Å². The fourth-order valence-electron chi connectivity index (χ4n) is 2.31. The van der Waals surface area contributed by atoms with E-state index < -0.39 is 0 Å². The number of hydrogen-bond acceptors (Lipinski definition) is 2. The summed E-state index contributed by atoms with van der Waals surface area (Å²) in [5, 5.41) is 4.28. The van der Waals surface area contributed by atoms with Crippen LogP contribution in [0.3, 0.4) is 0 Å². The van der Waals surface area contributed by atoms with Gasteiger partial charge in [0.15, 0.2) is 0 Å². The Morgan fingerprint density at radius 2 is 2.00 bits per heavy atom. The summed E-state index contributed by atoms with van der Waals surface area (Å²) in [7, 11) is 1.70. The van der Waals surface area contributed by atoms with E-state index in [-0.39, 0.29) is 0 Å². The lowest BCUT2D eigenvalue weighted by molar-refractivity contribution is 0.411. The standard InChI is InChI=1S/C13H18ClNO/c1-9-7-11(16-2)8-12(13(9)14)10-3-5-15-6-4-10/h7-8,10,15H,3-6H2,1-2H3. The molecule has 0 radical (unpaired) electrons. The normalized spacial score (nSPS) is 17.4. The van der Waals surface area contributed by atoms with Crippen molar-refractivity contribution >= 4 is 11.6 Å². The molecule has 2 nitrogen and oxygen atoms in total. The van der Waals surface area contributed by atoms with E-state index in [4.69, 9.17) is 16.3 Å². The predicted molar refractivity (Wildman–Crippen MR) is 67.6 cm³/mol. The predicted octanol–water partition coefficient (Wildman–Crippen LogP) is 3.12. The molecule has 0 amide bonds. The summed E-state index contributed by atoms with van der Waals surface area (Å²) < 4.78 is 5.31. The highest BCUT2D eigenvalue weighted by Gasteiger charge is 2.19. The van der Waals surface area contributed by atoms with Gasteiger partial charge in [-0.3, -0.25) is 0 Å². The lowest BCUT2D eigenvalue weighted by Crippen LogP contribution is -2.26. The van der Waals surface area contributed by atoms with Crippen LogP contribution in [0.5, 0.6) is 5.75 Å². The van der Waals surface area contributed by atoms with E-state index >= 15 is 0 Å². The first-order chi connectivity index (χ1) is 7.72. The Labute approximate surface area is 102 Å². The Bertz CT molecular complexity index is 372. The van der Waals surface area contributed by atoms with Crippen LogP contribution in [0.2, 0.25) is 5.02 Å². The molecule has 1 aliphatic rings. The number of hydrogen-bond donors (Lipinski definition) is 1. The zero-order valence-corrected chi connectivity index (χ0v) is 10.6. The average Bonchev–Trinajstić information content (AvgIpc) is 2.33. The lowest BCUT2D eigenvalue weighted by atomic mass is 9.89. The number of rotatable bonds is 2. The molecule has 1 fully saturated rings. The molecule has 0 aliphatic carbocycles. The van der Waals surface area contributed by atoms with Crippen molar-refractivity contribution in [1.29, 1.82) is 0 Å². The Kier molecular flexibility index (Phi) is 3.72. The molecule has 0 spiro atoms. The van der Waals surface area contributed by atoms with Crippen LogP contribution in [0.15, 0.2) is 12.1 Å². The van der Waals surface area contributed by atoms with Crippen LogP contribution in [0.25, 0.3) is 0 Å². The molecule has 2 rings (SSSR count). The van der Waals surface area contributed by atoms with Crippen LogP contribution in [-0.4, -0.2) is 20.2 Å². The van der Waals surface area contributed by atoms with Crippen molar-refractivity contribution < 1.29 is 4.74 Å². The second-order valence-electron chi connectivity index (χ2n) is 4.37. The maximum absolute atomic E-state index is 6.38. The quantitative estimate of drug-likeness (QED) is 0.856. The summed E-state index contributed by atoms with van der Waals surface area (Å²) in [5.74, 6) is 1.48. The van der Waals surface area contributed by atoms with Crippen LogP contribution < -0.4 is 10.1 Å². The molecule has 1 aromatic rings. The number of benzene rings is 1. The largest absolute Gasteiger partial charge is 0.497 e. The Hall–Kier alpha value is -0.730. The molecule has 0 saturated carbocycles. The van der Waals surface area contributed by atoms with E-state index in [9.17, 15) is 0 Å². The summed E-state index contributed by atoms with van der Waals surface area (Å²) >= 11 is 6.38. The van der Waals surface area contributed by atoms with Crippen molar-refractivity contribution in [3.63, 3.8) is 0 Å². The maximum Gasteiger partial charge on any atom is 0.119 e. The van der Waals surface area contributed by atoms with Gasteiger partial charge in [0.1, 0.15) is 5.75 Å². The van der Waals surface area contributed by atoms with E-state index in [0.717, 1.165) is 42.3 Å². The van der Waals surface area contributed by atoms with Crippen molar-refractivity contribution in [2.24, 2.45) is 0 Å². The Morgan fingerprint density at radius 1 is 1.31 bits per heavy atom. The van der Waals surface area contributed by atoms with Gasteiger partial charge in [0.05, 0.1) is 7.11 Å². The van der Waals surface area contributed by atoms with E-state index in [0.29, 0.717) is 5.92 Å². The number of ether oxygens (including phenoxy) is 1. The summed E-state index contributed by atoms with van der Waals surface area (Å²) in [5.41, 5.74) is 2.36. The van der Waals surface area contributed by atoms with E-state index in [2.05, 4.69) is 11.4 Å². The molecule has 0 aromatic heterocycles. The molecule has 0 unspecified atom stereocenters. The number of piperidine rings is 1. The maximum atomic E-state index is 6.38. The highest BCUT2D eigenvalue weighted by atomic mass is 35.5. The molecule has 0 bridgehead atoms. The van der Waals surface area contributed by atoms with Gasteiger partial charge in [0.2, 0.25) is 0 Å². The first kappa shape index (κ1) is 11.7. The number of methoxy groups -OCH3 is 1. The van der Waals surface area contributed by atoms with Gasteiger partial charge in [-0.1, -0.05) is 11.6 Å². The molecule has 0 atom stereocenters. The van der Waals surface area contributed by atoms with Gasteiger partial charge in [-0.05, 0) is 62.0 Å². The van der Waals surface area contributed by atoms with E-state index in [1.165, 1.54) is 5.56 Å². The second-order valence-corrected chi connectivity index (χ2v) is 4.75. The van der Waals surface area contributed by atoms with E-state index in [1.54, 1.807) is 7.11 Å². The van der Waals surface area contributed by atoms with E-state index in [1.807, 2.05) is 13.0 Å². The monoisotopic (exact) mass is 239 g/mol. The highest BCUT2D eigenvalue weighted by Crippen LogP contribution is 2.35. The van der Waals surface area contributed by atoms with Crippen LogP contribution in [-0.2, 0) is 0 Å². The second kappa shape index (κ2) is 5.07. The number of halogens is 1. The van der Waals surface area contributed by atoms with Crippen molar-refractivity contribution in [3.8, 4) is 5.75 Å². The molecule has 16 heavy (non-hydrogen) atoms. The Morgan fingerprint density at radius 3 is 2.62 bits per heavy atom. The molecule has 1 aliphatic heterocycles. The van der Waals surface area contributed by atoms with Gasteiger partial charge in [-0.2, -0.15) is 0 Å². The van der Waals surface area contributed by atoms with Crippen LogP contribution in [0, 0.1) is 6.92 Å². The SMILES string of the molecule is COc1cc(C)c(Cl)c(C2CCNCC2)c1. The zero-order valence-electron chi connectivity index (χ0n) is 9.85. The minimum Gasteiger partial charge on any atom is -0.497 e. The minimum absolute atomic E-state index is 0.572. The van der Waals surface area contributed by atoms with Gasteiger partial charge in [0.25, 0.3) is 0 Å². The third-order valence-electron chi connectivity index (χ3n) is 3.27. The van der Waals surface area contributed by atoms with Gasteiger partial charge in [-0.15, -0.1) is 0 Å². The molecule has 3 heteroatoms. The Balaban J connectivity index is 2.33.